The number of hydrogen-bond donors (Lipinski definition) is 0. The fourth-order valence-corrected chi connectivity index (χ4v) is 7.84. The van der Waals surface area contributed by atoms with Gasteiger partial charge < -0.3 is 8.98 Å². The molecule has 0 spiro atoms. The Morgan fingerprint density at radius 1 is 0.357 bits per heavy atom. The molecule has 0 bridgehead atoms. The van der Waals surface area contributed by atoms with Gasteiger partial charge in [-0.3, -0.25) is 0 Å². The molecular formula is C51H32N4O. The van der Waals surface area contributed by atoms with E-state index < -0.39 is 0 Å². The summed E-state index contributed by atoms with van der Waals surface area (Å²) in [6.45, 7) is 0. The van der Waals surface area contributed by atoms with Crippen LogP contribution in [0.4, 0.5) is 0 Å². The summed E-state index contributed by atoms with van der Waals surface area (Å²) in [6.07, 6.45) is 2.28. The van der Waals surface area contributed by atoms with Crippen molar-refractivity contribution in [3.05, 3.63) is 194 Å². The molecule has 5 nitrogen and oxygen atoms in total. The highest BCUT2D eigenvalue weighted by atomic mass is 16.3. The predicted molar refractivity (Wildman–Crippen MR) is 229 cm³/mol. The molecule has 0 saturated carbocycles. The molecule has 11 aromatic rings. The second kappa shape index (κ2) is 13.0. The lowest BCUT2D eigenvalue weighted by molar-refractivity contribution is 0.669. The Morgan fingerprint density at radius 2 is 0.857 bits per heavy atom. The highest BCUT2D eigenvalue weighted by molar-refractivity contribution is 6.08. The Bertz CT molecular complexity index is 3180. The Balaban J connectivity index is 1.03. The summed E-state index contributed by atoms with van der Waals surface area (Å²) in [6, 6.07) is 65.4. The molecule has 0 unspecified atom stereocenters. The lowest BCUT2D eigenvalue weighted by Gasteiger charge is -2.08. The molecule has 5 heteroatoms. The maximum absolute atomic E-state index is 6.39. The van der Waals surface area contributed by atoms with Crippen LogP contribution in [-0.4, -0.2) is 19.5 Å². The second-order valence-corrected chi connectivity index (χ2v) is 14.1. The maximum Gasteiger partial charge on any atom is 0.164 e. The van der Waals surface area contributed by atoms with Gasteiger partial charge in [-0.15, -0.1) is 0 Å². The molecule has 262 valence electrons. The number of furan rings is 1. The third-order valence-electron chi connectivity index (χ3n) is 10.6. The molecular weight excluding hydrogens is 685 g/mol. The highest BCUT2D eigenvalue weighted by Crippen LogP contribution is 2.39. The van der Waals surface area contributed by atoms with E-state index in [1.807, 2.05) is 72.8 Å². The minimum atomic E-state index is 0.611. The summed E-state index contributed by atoms with van der Waals surface area (Å²) >= 11 is 0. The first-order valence-corrected chi connectivity index (χ1v) is 18.8. The van der Waals surface area contributed by atoms with Gasteiger partial charge in [0.05, 0.1) is 5.52 Å². The first kappa shape index (κ1) is 31.9. The van der Waals surface area contributed by atoms with E-state index >= 15 is 0 Å². The average Bonchev–Trinajstić information content (AvgIpc) is 3.84. The lowest BCUT2D eigenvalue weighted by Crippen LogP contribution is -2.00. The maximum atomic E-state index is 6.39. The van der Waals surface area contributed by atoms with Crippen LogP contribution in [-0.2, 0) is 0 Å². The number of aromatic nitrogens is 4. The van der Waals surface area contributed by atoms with Crippen molar-refractivity contribution in [1.29, 1.82) is 0 Å². The van der Waals surface area contributed by atoms with Crippen molar-refractivity contribution in [3.63, 3.8) is 0 Å². The summed E-state index contributed by atoms with van der Waals surface area (Å²) in [5, 5.41) is 5.72. The number of fused-ring (bicyclic) bond motifs is 5. The third kappa shape index (κ3) is 5.53. The molecule has 0 amide bonds. The van der Waals surface area contributed by atoms with E-state index in [9.17, 15) is 0 Å². The molecule has 0 aliphatic heterocycles. The molecule has 0 saturated heterocycles. The van der Waals surface area contributed by atoms with Crippen molar-refractivity contribution in [1.82, 2.24) is 19.5 Å². The smallest absolute Gasteiger partial charge is 0.164 e. The zero-order chi connectivity index (χ0) is 37.0. The molecule has 56 heavy (non-hydrogen) atoms. The van der Waals surface area contributed by atoms with Gasteiger partial charge in [0.1, 0.15) is 11.2 Å². The van der Waals surface area contributed by atoms with Crippen LogP contribution in [0, 0.1) is 0 Å². The Kier molecular flexibility index (Phi) is 7.42. The number of rotatable bonds is 6. The minimum Gasteiger partial charge on any atom is -0.456 e. The van der Waals surface area contributed by atoms with Gasteiger partial charge in [0.15, 0.2) is 17.5 Å². The number of para-hydroxylation sites is 1. The van der Waals surface area contributed by atoms with Gasteiger partial charge in [-0.05, 0) is 88.1 Å². The van der Waals surface area contributed by atoms with Gasteiger partial charge in [-0.25, -0.2) is 15.0 Å². The highest BCUT2D eigenvalue weighted by Gasteiger charge is 2.17. The van der Waals surface area contributed by atoms with E-state index in [1.165, 1.54) is 27.2 Å². The largest absolute Gasteiger partial charge is 0.456 e. The fourth-order valence-electron chi connectivity index (χ4n) is 7.84. The number of nitrogens with zero attached hydrogens (tertiary/aromatic N) is 4. The molecule has 0 atom stereocenters. The van der Waals surface area contributed by atoms with Crippen LogP contribution >= 0.6 is 0 Å². The first-order valence-electron chi connectivity index (χ1n) is 18.8. The van der Waals surface area contributed by atoms with E-state index in [1.54, 1.807) is 0 Å². The summed E-state index contributed by atoms with van der Waals surface area (Å²) in [5.41, 5.74) is 11.3. The fraction of sp³-hybridized carbons (Fsp3) is 0. The van der Waals surface area contributed by atoms with Gasteiger partial charge in [-0.1, -0.05) is 127 Å². The molecule has 11 rings (SSSR count). The van der Waals surface area contributed by atoms with Crippen molar-refractivity contribution >= 4 is 43.6 Å². The van der Waals surface area contributed by atoms with E-state index in [0.29, 0.717) is 17.5 Å². The average molecular weight is 717 g/mol. The van der Waals surface area contributed by atoms with Crippen LogP contribution in [0.25, 0.3) is 106 Å². The second-order valence-electron chi connectivity index (χ2n) is 14.1. The minimum absolute atomic E-state index is 0.611. The van der Waals surface area contributed by atoms with Crippen LogP contribution in [0.3, 0.4) is 0 Å². The summed E-state index contributed by atoms with van der Waals surface area (Å²) in [5.74, 6) is 1.88. The topological polar surface area (TPSA) is 56.7 Å². The quantitative estimate of drug-likeness (QED) is 0.172. The van der Waals surface area contributed by atoms with Crippen molar-refractivity contribution < 1.29 is 4.42 Å². The van der Waals surface area contributed by atoms with E-state index in [-0.39, 0.29) is 0 Å². The molecule has 0 radical (unpaired) electrons. The summed E-state index contributed by atoms with van der Waals surface area (Å²) in [4.78, 5) is 14.8. The lowest BCUT2D eigenvalue weighted by atomic mass is 9.97. The number of hydrogen-bond acceptors (Lipinski definition) is 4. The van der Waals surface area contributed by atoms with E-state index in [0.717, 1.165) is 61.0 Å². The van der Waals surface area contributed by atoms with Gasteiger partial charge >= 0.3 is 0 Å². The van der Waals surface area contributed by atoms with Gasteiger partial charge in [-0.2, -0.15) is 0 Å². The Morgan fingerprint density at radius 3 is 1.52 bits per heavy atom. The molecule has 0 N–H and O–H groups in total. The van der Waals surface area contributed by atoms with Gasteiger partial charge in [0, 0.05) is 50.3 Å². The predicted octanol–water partition coefficient (Wildman–Crippen LogP) is 13.2. The van der Waals surface area contributed by atoms with Crippen molar-refractivity contribution in [2.75, 3.05) is 0 Å². The monoisotopic (exact) mass is 716 g/mol. The van der Waals surface area contributed by atoms with Crippen molar-refractivity contribution in [2.24, 2.45) is 0 Å². The number of benzene rings is 8. The normalized spacial score (nSPS) is 11.6. The van der Waals surface area contributed by atoms with Crippen molar-refractivity contribution in [3.8, 4) is 62.1 Å². The third-order valence-corrected chi connectivity index (χ3v) is 10.6. The van der Waals surface area contributed by atoms with Gasteiger partial charge in [0.2, 0.25) is 0 Å². The standard InChI is InChI=1S/C51H32N4O/c1-4-13-33(14-5-1)49-52-50(34-15-6-2-7-16-34)54-51(53-49)40-24-26-48-44(30-40)43-29-38(23-25-47(43)56-48)35-19-12-20-39(27-35)45-32-55(41-21-8-3-9-22-41)46-31-37-18-11-10-17-36(37)28-42(45)46/h1-32H. The first-order chi connectivity index (χ1) is 27.7. The molecule has 0 aliphatic carbocycles. The molecule has 8 aromatic carbocycles. The van der Waals surface area contributed by atoms with E-state index in [4.69, 9.17) is 19.4 Å². The SMILES string of the molecule is c1ccc(-c2nc(-c3ccccc3)nc(-c3ccc4oc5ccc(-c6cccc(-c7cn(-c8ccccc8)c8cc9ccccc9cc78)c6)cc5c4c3)n2)cc1. The Hall–Kier alpha value is -7.63. The Labute approximate surface area is 322 Å². The van der Waals surface area contributed by atoms with Gasteiger partial charge in [0.25, 0.3) is 0 Å². The van der Waals surface area contributed by atoms with Crippen LogP contribution in [0.15, 0.2) is 199 Å². The zero-order valence-electron chi connectivity index (χ0n) is 30.2. The molecule has 3 aromatic heterocycles. The molecule has 0 aliphatic rings. The zero-order valence-corrected chi connectivity index (χ0v) is 30.2. The summed E-state index contributed by atoms with van der Waals surface area (Å²) in [7, 11) is 0. The molecule has 3 heterocycles. The molecule has 0 fully saturated rings. The van der Waals surface area contributed by atoms with E-state index in [2.05, 4.69) is 126 Å². The van der Waals surface area contributed by atoms with Crippen LogP contribution in [0.2, 0.25) is 0 Å². The van der Waals surface area contributed by atoms with Crippen LogP contribution < -0.4 is 0 Å². The van der Waals surface area contributed by atoms with Crippen LogP contribution in [0.5, 0.6) is 0 Å². The van der Waals surface area contributed by atoms with Crippen molar-refractivity contribution in [2.45, 2.75) is 0 Å². The summed E-state index contributed by atoms with van der Waals surface area (Å²) < 4.78 is 8.69. The van der Waals surface area contributed by atoms with Crippen LogP contribution in [0.1, 0.15) is 0 Å².